The molecule has 0 bridgehead atoms. The number of nitrogens with one attached hydrogen (secondary N) is 2. The first-order valence-corrected chi connectivity index (χ1v) is 9.65. The van der Waals surface area contributed by atoms with Crippen molar-refractivity contribution in [2.45, 2.75) is 31.2 Å². The topological polar surface area (TPSA) is 95.6 Å². The van der Waals surface area contributed by atoms with Crippen molar-refractivity contribution in [3.63, 3.8) is 0 Å². The molecule has 1 rings (SSSR count). The molecule has 2 N–H and O–H groups in total. The molecule has 1 aromatic rings. The molecular weight excluding hydrogens is 398 g/mol. The van der Waals surface area contributed by atoms with Crippen molar-refractivity contribution in [1.82, 2.24) is 14.9 Å². The van der Waals surface area contributed by atoms with Crippen molar-refractivity contribution in [3.05, 3.63) is 28.2 Å². The molecule has 0 saturated carbocycles. The highest BCUT2D eigenvalue weighted by atomic mass is 79.9. The standard InChI is InChI=1S/C15H22BrN3O4S/c1-5-8-17-14(20)10(2)18-15(21)11-6-7-12(16)13(9-11)24(22,23)19(3)4/h6-7,9-10H,5,8H2,1-4H3,(H,17,20)(H,18,21). The third-order valence-electron chi connectivity index (χ3n) is 3.24. The highest BCUT2D eigenvalue weighted by Gasteiger charge is 2.23. The van der Waals surface area contributed by atoms with E-state index in [4.69, 9.17) is 0 Å². The zero-order valence-corrected chi connectivity index (χ0v) is 16.5. The van der Waals surface area contributed by atoms with Gasteiger partial charge in [0.25, 0.3) is 5.91 Å². The average Bonchev–Trinajstić information content (AvgIpc) is 2.52. The van der Waals surface area contributed by atoms with Crippen LogP contribution in [0.1, 0.15) is 30.6 Å². The van der Waals surface area contributed by atoms with Crippen LogP contribution in [0.25, 0.3) is 0 Å². The van der Waals surface area contributed by atoms with E-state index >= 15 is 0 Å². The van der Waals surface area contributed by atoms with Crippen molar-refractivity contribution < 1.29 is 18.0 Å². The van der Waals surface area contributed by atoms with Gasteiger partial charge in [-0.3, -0.25) is 9.59 Å². The molecule has 0 fully saturated rings. The summed E-state index contributed by atoms with van der Waals surface area (Å²) in [6.07, 6.45) is 0.797. The Kier molecular flexibility index (Phi) is 7.37. The van der Waals surface area contributed by atoms with E-state index in [0.717, 1.165) is 10.7 Å². The maximum absolute atomic E-state index is 12.3. The Morgan fingerprint density at radius 3 is 2.46 bits per heavy atom. The molecule has 1 atom stereocenters. The van der Waals surface area contributed by atoms with Gasteiger partial charge in [0, 0.05) is 30.7 Å². The minimum Gasteiger partial charge on any atom is -0.354 e. The van der Waals surface area contributed by atoms with Crippen LogP contribution in [-0.4, -0.2) is 51.2 Å². The SMILES string of the molecule is CCCNC(=O)C(C)NC(=O)c1ccc(Br)c(S(=O)(=O)N(C)C)c1. The number of sulfonamides is 1. The molecule has 24 heavy (non-hydrogen) atoms. The Morgan fingerprint density at radius 1 is 1.29 bits per heavy atom. The van der Waals surface area contributed by atoms with Crippen molar-refractivity contribution in [2.24, 2.45) is 0 Å². The minimum atomic E-state index is -3.69. The van der Waals surface area contributed by atoms with E-state index < -0.39 is 22.0 Å². The predicted molar refractivity (Wildman–Crippen MR) is 95.2 cm³/mol. The molecule has 7 nitrogen and oxygen atoms in total. The van der Waals surface area contributed by atoms with E-state index in [1.165, 1.54) is 32.3 Å². The van der Waals surface area contributed by atoms with E-state index in [0.29, 0.717) is 11.0 Å². The molecule has 0 radical (unpaired) electrons. The summed E-state index contributed by atoms with van der Waals surface area (Å²) in [4.78, 5) is 24.1. The summed E-state index contributed by atoms with van der Waals surface area (Å²) in [6, 6.07) is 3.55. The first-order valence-electron chi connectivity index (χ1n) is 7.42. The number of benzene rings is 1. The van der Waals surface area contributed by atoms with Crippen LogP contribution in [0.15, 0.2) is 27.6 Å². The van der Waals surface area contributed by atoms with E-state index in [-0.39, 0.29) is 16.4 Å². The lowest BCUT2D eigenvalue weighted by Crippen LogP contribution is -2.45. The van der Waals surface area contributed by atoms with Gasteiger partial charge in [-0.05, 0) is 47.5 Å². The molecule has 1 aromatic carbocycles. The quantitative estimate of drug-likeness (QED) is 0.696. The van der Waals surface area contributed by atoms with Crippen LogP contribution in [-0.2, 0) is 14.8 Å². The van der Waals surface area contributed by atoms with E-state index in [9.17, 15) is 18.0 Å². The summed E-state index contributed by atoms with van der Waals surface area (Å²) in [7, 11) is -0.870. The number of nitrogens with zero attached hydrogens (tertiary/aromatic N) is 1. The molecule has 0 aliphatic rings. The third kappa shape index (κ3) is 5.02. The minimum absolute atomic E-state index is 0.0109. The summed E-state index contributed by atoms with van der Waals surface area (Å²) >= 11 is 3.18. The second-order valence-electron chi connectivity index (χ2n) is 5.42. The number of carbonyl (C=O) groups excluding carboxylic acids is 2. The number of halogens is 1. The normalized spacial score (nSPS) is 12.8. The number of rotatable bonds is 7. The fraction of sp³-hybridized carbons (Fsp3) is 0.467. The van der Waals surface area contributed by atoms with Crippen LogP contribution in [0.5, 0.6) is 0 Å². The number of carbonyl (C=O) groups is 2. The zero-order valence-electron chi connectivity index (χ0n) is 14.1. The van der Waals surface area contributed by atoms with Gasteiger partial charge in [-0.15, -0.1) is 0 Å². The second kappa shape index (κ2) is 8.59. The lowest BCUT2D eigenvalue weighted by atomic mass is 10.2. The van der Waals surface area contributed by atoms with Gasteiger partial charge >= 0.3 is 0 Å². The predicted octanol–water partition coefficient (Wildman–Crippen LogP) is 1.34. The van der Waals surface area contributed by atoms with Gasteiger partial charge in [0.05, 0.1) is 4.90 Å². The van der Waals surface area contributed by atoms with Crippen molar-refractivity contribution in [2.75, 3.05) is 20.6 Å². The third-order valence-corrected chi connectivity index (χ3v) is 6.05. The smallest absolute Gasteiger partial charge is 0.251 e. The molecule has 2 amide bonds. The maximum Gasteiger partial charge on any atom is 0.251 e. The van der Waals surface area contributed by atoms with Gasteiger partial charge in [0.1, 0.15) is 6.04 Å². The fourth-order valence-corrected chi connectivity index (χ4v) is 3.63. The van der Waals surface area contributed by atoms with Crippen LogP contribution in [0, 0.1) is 0 Å². The molecule has 0 aromatic heterocycles. The monoisotopic (exact) mass is 419 g/mol. The Morgan fingerprint density at radius 2 is 1.92 bits per heavy atom. The van der Waals surface area contributed by atoms with Gasteiger partial charge in [-0.2, -0.15) is 0 Å². The molecule has 0 saturated heterocycles. The van der Waals surface area contributed by atoms with Crippen molar-refractivity contribution in [1.29, 1.82) is 0 Å². The highest BCUT2D eigenvalue weighted by Crippen LogP contribution is 2.25. The number of amides is 2. The molecule has 9 heteroatoms. The van der Waals surface area contributed by atoms with Gasteiger partial charge < -0.3 is 10.6 Å². The largest absolute Gasteiger partial charge is 0.354 e. The van der Waals surface area contributed by atoms with E-state index in [1.807, 2.05) is 6.92 Å². The number of hydrogen-bond donors (Lipinski definition) is 2. The van der Waals surface area contributed by atoms with Crippen LogP contribution in [0.4, 0.5) is 0 Å². The molecule has 0 heterocycles. The molecule has 0 aliphatic heterocycles. The van der Waals surface area contributed by atoms with Crippen molar-refractivity contribution >= 4 is 37.8 Å². The van der Waals surface area contributed by atoms with Gasteiger partial charge in [-0.25, -0.2) is 12.7 Å². The Hall–Kier alpha value is -1.45. The number of hydrogen-bond acceptors (Lipinski definition) is 4. The second-order valence-corrected chi connectivity index (χ2v) is 8.39. The first kappa shape index (κ1) is 20.6. The Balaban J connectivity index is 2.99. The summed E-state index contributed by atoms with van der Waals surface area (Å²) in [5, 5.41) is 5.24. The molecule has 0 aliphatic carbocycles. The first-order chi connectivity index (χ1) is 11.1. The van der Waals surface area contributed by atoms with Crippen LogP contribution in [0.2, 0.25) is 0 Å². The summed E-state index contributed by atoms with van der Waals surface area (Å²) in [5.41, 5.74) is 0.161. The average molecular weight is 420 g/mol. The lowest BCUT2D eigenvalue weighted by molar-refractivity contribution is -0.122. The maximum atomic E-state index is 12.3. The van der Waals surface area contributed by atoms with Crippen LogP contribution in [0.3, 0.4) is 0 Å². The summed E-state index contributed by atoms with van der Waals surface area (Å²) in [6.45, 7) is 4.03. The van der Waals surface area contributed by atoms with Crippen LogP contribution < -0.4 is 10.6 Å². The van der Waals surface area contributed by atoms with E-state index in [1.54, 1.807) is 6.92 Å². The van der Waals surface area contributed by atoms with Crippen LogP contribution >= 0.6 is 15.9 Å². The van der Waals surface area contributed by atoms with Gasteiger partial charge in [-0.1, -0.05) is 6.92 Å². The van der Waals surface area contributed by atoms with Gasteiger partial charge in [0.15, 0.2) is 0 Å². The Bertz CT molecular complexity index is 719. The Labute approximate surface area is 151 Å². The molecule has 0 spiro atoms. The molecule has 134 valence electrons. The lowest BCUT2D eigenvalue weighted by Gasteiger charge is -2.16. The van der Waals surface area contributed by atoms with E-state index in [2.05, 4.69) is 26.6 Å². The van der Waals surface area contributed by atoms with Gasteiger partial charge in [0.2, 0.25) is 15.9 Å². The zero-order chi connectivity index (χ0) is 18.5. The van der Waals surface area contributed by atoms with Crippen molar-refractivity contribution in [3.8, 4) is 0 Å². The fourth-order valence-electron chi connectivity index (χ4n) is 1.79. The summed E-state index contributed by atoms with van der Waals surface area (Å²) in [5.74, 6) is -0.805. The highest BCUT2D eigenvalue weighted by molar-refractivity contribution is 9.10. The molecule has 1 unspecified atom stereocenters. The molecular formula is C15H22BrN3O4S. The summed E-state index contributed by atoms with van der Waals surface area (Å²) < 4.78 is 26.0.